The number of aromatic nitrogens is 2. The largest absolute Gasteiger partial charge is 0.314 e. The third-order valence-electron chi connectivity index (χ3n) is 2.41. The fraction of sp³-hybridized carbons (Fsp3) is 0.556. The Morgan fingerprint density at radius 1 is 1.54 bits per heavy atom. The van der Waals surface area contributed by atoms with Crippen LogP contribution in [0, 0.1) is 0 Å². The molecule has 70 valence electrons. The SMILES string of the molecule is CN(Cc1cnccn1)C1CNC1. The lowest BCUT2D eigenvalue weighted by atomic mass is 10.1. The van der Waals surface area contributed by atoms with Gasteiger partial charge in [0.2, 0.25) is 0 Å². The van der Waals surface area contributed by atoms with Crippen molar-refractivity contribution in [2.24, 2.45) is 0 Å². The number of nitrogens with zero attached hydrogens (tertiary/aromatic N) is 3. The molecule has 0 aromatic carbocycles. The summed E-state index contributed by atoms with van der Waals surface area (Å²) in [5.41, 5.74) is 1.04. The van der Waals surface area contributed by atoms with Crippen LogP contribution in [0.1, 0.15) is 5.69 Å². The van der Waals surface area contributed by atoms with Gasteiger partial charge in [0.15, 0.2) is 0 Å². The molecular weight excluding hydrogens is 164 g/mol. The van der Waals surface area contributed by atoms with Crippen LogP contribution in [0.3, 0.4) is 0 Å². The molecule has 1 aromatic rings. The van der Waals surface area contributed by atoms with Crippen LogP contribution >= 0.6 is 0 Å². The van der Waals surface area contributed by atoms with E-state index in [1.807, 2.05) is 6.20 Å². The molecule has 0 atom stereocenters. The van der Waals surface area contributed by atoms with Gasteiger partial charge in [-0.15, -0.1) is 0 Å². The second kappa shape index (κ2) is 3.81. The second-order valence-electron chi connectivity index (χ2n) is 3.42. The van der Waals surface area contributed by atoms with Crippen LogP contribution in [0.4, 0.5) is 0 Å². The molecule has 2 rings (SSSR count). The lowest BCUT2D eigenvalue weighted by Crippen LogP contribution is -2.55. The third-order valence-corrected chi connectivity index (χ3v) is 2.41. The molecular formula is C9H14N4. The maximum Gasteiger partial charge on any atom is 0.0726 e. The molecule has 1 aliphatic heterocycles. The van der Waals surface area contributed by atoms with Gasteiger partial charge >= 0.3 is 0 Å². The van der Waals surface area contributed by atoms with E-state index in [4.69, 9.17) is 0 Å². The Kier molecular flexibility index (Phi) is 2.52. The van der Waals surface area contributed by atoms with Crippen molar-refractivity contribution in [3.05, 3.63) is 24.3 Å². The molecule has 0 saturated carbocycles. The molecule has 2 heterocycles. The molecule has 0 spiro atoms. The van der Waals surface area contributed by atoms with Crippen molar-refractivity contribution in [2.75, 3.05) is 20.1 Å². The summed E-state index contributed by atoms with van der Waals surface area (Å²) in [4.78, 5) is 10.6. The van der Waals surface area contributed by atoms with Crippen LogP contribution in [-0.4, -0.2) is 41.0 Å². The van der Waals surface area contributed by atoms with Crippen molar-refractivity contribution in [3.8, 4) is 0 Å². The fourth-order valence-corrected chi connectivity index (χ4v) is 1.38. The Balaban J connectivity index is 1.90. The Bertz CT molecular complexity index is 258. The zero-order valence-electron chi connectivity index (χ0n) is 7.77. The van der Waals surface area contributed by atoms with Gasteiger partial charge in [-0.3, -0.25) is 14.9 Å². The van der Waals surface area contributed by atoms with Crippen molar-refractivity contribution < 1.29 is 0 Å². The van der Waals surface area contributed by atoms with Gasteiger partial charge in [0.25, 0.3) is 0 Å². The van der Waals surface area contributed by atoms with Crippen LogP contribution in [0.15, 0.2) is 18.6 Å². The van der Waals surface area contributed by atoms with E-state index in [1.165, 1.54) is 0 Å². The number of likely N-dealkylation sites (N-methyl/N-ethyl adjacent to an activating group) is 1. The van der Waals surface area contributed by atoms with Gasteiger partial charge in [-0.25, -0.2) is 0 Å². The van der Waals surface area contributed by atoms with Crippen molar-refractivity contribution in [2.45, 2.75) is 12.6 Å². The standard InChI is InChI=1S/C9H14N4/c1-13(9-5-11-6-9)7-8-4-10-2-3-12-8/h2-4,9,11H,5-7H2,1H3. The second-order valence-corrected chi connectivity index (χ2v) is 3.42. The zero-order chi connectivity index (χ0) is 9.10. The van der Waals surface area contributed by atoms with Gasteiger partial charge in [-0.2, -0.15) is 0 Å². The molecule has 13 heavy (non-hydrogen) atoms. The molecule has 1 N–H and O–H groups in total. The zero-order valence-corrected chi connectivity index (χ0v) is 7.77. The Labute approximate surface area is 78.0 Å². The highest BCUT2D eigenvalue weighted by atomic mass is 15.2. The van der Waals surface area contributed by atoms with E-state index in [-0.39, 0.29) is 0 Å². The molecule has 1 fully saturated rings. The minimum Gasteiger partial charge on any atom is -0.314 e. The number of hydrogen-bond acceptors (Lipinski definition) is 4. The Morgan fingerprint density at radius 3 is 2.92 bits per heavy atom. The van der Waals surface area contributed by atoms with Gasteiger partial charge in [0.05, 0.1) is 5.69 Å². The molecule has 1 aliphatic rings. The van der Waals surface area contributed by atoms with Gasteiger partial charge in [0.1, 0.15) is 0 Å². The molecule has 4 heteroatoms. The van der Waals surface area contributed by atoms with Crippen molar-refractivity contribution >= 4 is 0 Å². The van der Waals surface area contributed by atoms with E-state index in [9.17, 15) is 0 Å². The van der Waals surface area contributed by atoms with Crippen LogP contribution in [0.2, 0.25) is 0 Å². The topological polar surface area (TPSA) is 41.1 Å². The summed E-state index contributed by atoms with van der Waals surface area (Å²) in [6.07, 6.45) is 5.26. The molecule has 1 aromatic heterocycles. The van der Waals surface area contributed by atoms with E-state index in [1.54, 1.807) is 12.4 Å². The van der Waals surface area contributed by atoms with Crippen LogP contribution in [0.5, 0.6) is 0 Å². The smallest absolute Gasteiger partial charge is 0.0726 e. The lowest BCUT2D eigenvalue weighted by molar-refractivity contribution is 0.171. The van der Waals surface area contributed by atoms with E-state index in [0.717, 1.165) is 25.3 Å². The minimum atomic E-state index is 0.669. The summed E-state index contributed by atoms with van der Waals surface area (Å²) in [7, 11) is 2.13. The highest BCUT2D eigenvalue weighted by Crippen LogP contribution is 2.05. The van der Waals surface area contributed by atoms with Gasteiger partial charge in [-0.05, 0) is 7.05 Å². The molecule has 4 nitrogen and oxygen atoms in total. The van der Waals surface area contributed by atoms with Crippen LogP contribution < -0.4 is 5.32 Å². The molecule has 0 aliphatic carbocycles. The molecule has 0 radical (unpaired) electrons. The summed E-state index contributed by atoms with van der Waals surface area (Å²) in [6, 6.07) is 0.669. The maximum atomic E-state index is 4.23. The molecule has 0 unspecified atom stereocenters. The predicted octanol–water partition coefficient (Wildman–Crippen LogP) is -0.120. The van der Waals surface area contributed by atoms with E-state index in [0.29, 0.717) is 6.04 Å². The first-order valence-corrected chi connectivity index (χ1v) is 4.52. The van der Waals surface area contributed by atoms with E-state index in [2.05, 4.69) is 27.2 Å². The quantitative estimate of drug-likeness (QED) is 0.700. The maximum absolute atomic E-state index is 4.23. The van der Waals surface area contributed by atoms with E-state index < -0.39 is 0 Å². The third kappa shape index (κ3) is 2.02. The molecule has 0 amide bonds. The summed E-state index contributed by atoms with van der Waals surface area (Å²) >= 11 is 0. The highest BCUT2D eigenvalue weighted by molar-refractivity contribution is 4.96. The molecule has 0 bridgehead atoms. The first-order chi connectivity index (χ1) is 6.36. The summed E-state index contributed by atoms with van der Waals surface area (Å²) < 4.78 is 0. The minimum absolute atomic E-state index is 0.669. The van der Waals surface area contributed by atoms with Crippen LogP contribution in [0.25, 0.3) is 0 Å². The van der Waals surface area contributed by atoms with Gasteiger partial charge in [0, 0.05) is 44.3 Å². The fourth-order valence-electron chi connectivity index (χ4n) is 1.38. The number of hydrogen-bond donors (Lipinski definition) is 1. The Hall–Kier alpha value is -1.00. The normalized spacial score (nSPS) is 17.4. The Morgan fingerprint density at radius 2 is 2.38 bits per heavy atom. The van der Waals surface area contributed by atoms with Crippen molar-refractivity contribution in [1.82, 2.24) is 20.2 Å². The summed E-state index contributed by atoms with van der Waals surface area (Å²) in [5.74, 6) is 0. The van der Waals surface area contributed by atoms with Gasteiger partial charge < -0.3 is 5.32 Å². The summed E-state index contributed by atoms with van der Waals surface area (Å²) in [6.45, 7) is 3.08. The van der Waals surface area contributed by atoms with Crippen LogP contribution in [-0.2, 0) is 6.54 Å². The van der Waals surface area contributed by atoms with Gasteiger partial charge in [-0.1, -0.05) is 0 Å². The number of nitrogens with one attached hydrogen (secondary N) is 1. The highest BCUT2D eigenvalue weighted by Gasteiger charge is 2.21. The van der Waals surface area contributed by atoms with Crippen molar-refractivity contribution in [3.63, 3.8) is 0 Å². The number of rotatable bonds is 3. The average Bonchev–Trinajstić information content (AvgIpc) is 2.02. The lowest BCUT2D eigenvalue weighted by Gasteiger charge is -2.35. The first kappa shape index (κ1) is 8.59. The predicted molar refractivity (Wildman–Crippen MR) is 50.2 cm³/mol. The first-order valence-electron chi connectivity index (χ1n) is 4.52. The monoisotopic (exact) mass is 178 g/mol. The van der Waals surface area contributed by atoms with Crippen molar-refractivity contribution in [1.29, 1.82) is 0 Å². The average molecular weight is 178 g/mol. The summed E-state index contributed by atoms with van der Waals surface area (Å²) in [5, 5.41) is 3.25. The molecule has 1 saturated heterocycles. The van der Waals surface area contributed by atoms with E-state index >= 15 is 0 Å².